The molecule has 2 aromatic heterocycles. The van der Waals surface area contributed by atoms with Crippen LogP contribution >= 0.6 is 0 Å². The molecule has 0 aliphatic carbocycles. The molecule has 6 heteroatoms. The smallest absolute Gasteiger partial charge is 0.147 e. The standard InChI is InChI=1S/C21H26N4O2/c1-13-9-17(5-7-22-13)20-21(18-6-8-26-16(18)4)24-19(10-23-20)25-11-14(2)27-15(3)12-25/h5-10,14-16,18H,11-12H2,1-4H3/t14-,15+,16?,18?. The Morgan fingerprint density at radius 3 is 2.56 bits per heavy atom. The van der Waals surface area contributed by atoms with E-state index in [0.717, 1.165) is 41.6 Å². The monoisotopic (exact) mass is 366 g/mol. The lowest BCUT2D eigenvalue weighted by Crippen LogP contribution is -2.46. The second-order valence-electron chi connectivity index (χ2n) is 7.51. The van der Waals surface area contributed by atoms with E-state index in [1.807, 2.05) is 25.4 Å². The van der Waals surface area contributed by atoms with Crippen molar-refractivity contribution in [3.05, 3.63) is 48.3 Å². The second-order valence-corrected chi connectivity index (χ2v) is 7.51. The summed E-state index contributed by atoms with van der Waals surface area (Å²) in [5, 5.41) is 0. The van der Waals surface area contributed by atoms with E-state index in [9.17, 15) is 0 Å². The van der Waals surface area contributed by atoms with Gasteiger partial charge in [-0.1, -0.05) is 0 Å². The Hall–Kier alpha value is -2.47. The predicted molar refractivity (Wildman–Crippen MR) is 105 cm³/mol. The average molecular weight is 366 g/mol. The number of nitrogens with zero attached hydrogens (tertiary/aromatic N) is 4. The van der Waals surface area contributed by atoms with Crippen molar-refractivity contribution in [3.63, 3.8) is 0 Å². The van der Waals surface area contributed by atoms with Crippen LogP contribution in [0.5, 0.6) is 0 Å². The lowest BCUT2D eigenvalue weighted by atomic mass is 9.96. The van der Waals surface area contributed by atoms with Gasteiger partial charge in [0.05, 0.1) is 42.0 Å². The van der Waals surface area contributed by atoms with Crippen LogP contribution in [-0.4, -0.2) is 46.4 Å². The minimum Gasteiger partial charge on any atom is -0.498 e. The van der Waals surface area contributed by atoms with Gasteiger partial charge in [-0.3, -0.25) is 9.97 Å². The molecule has 142 valence electrons. The van der Waals surface area contributed by atoms with Crippen molar-refractivity contribution in [2.75, 3.05) is 18.0 Å². The first-order valence-electron chi connectivity index (χ1n) is 9.53. The van der Waals surface area contributed by atoms with E-state index in [1.54, 1.807) is 6.26 Å². The first-order chi connectivity index (χ1) is 13.0. The number of ether oxygens (including phenoxy) is 2. The van der Waals surface area contributed by atoms with Gasteiger partial charge in [-0.25, -0.2) is 4.98 Å². The van der Waals surface area contributed by atoms with Gasteiger partial charge in [0.1, 0.15) is 11.9 Å². The molecule has 0 radical (unpaired) electrons. The number of hydrogen-bond donors (Lipinski definition) is 0. The van der Waals surface area contributed by atoms with E-state index in [2.05, 4.69) is 42.8 Å². The van der Waals surface area contributed by atoms with E-state index >= 15 is 0 Å². The molecule has 0 spiro atoms. The molecular formula is C21H26N4O2. The summed E-state index contributed by atoms with van der Waals surface area (Å²) in [6, 6.07) is 4.04. The summed E-state index contributed by atoms with van der Waals surface area (Å²) >= 11 is 0. The summed E-state index contributed by atoms with van der Waals surface area (Å²) < 4.78 is 11.5. The molecule has 0 N–H and O–H groups in total. The minimum atomic E-state index is 0.0405. The highest BCUT2D eigenvalue weighted by atomic mass is 16.5. The van der Waals surface area contributed by atoms with Crippen LogP contribution in [0.15, 0.2) is 36.9 Å². The van der Waals surface area contributed by atoms with Gasteiger partial charge in [0, 0.05) is 30.5 Å². The van der Waals surface area contributed by atoms with Crippen molar-refractivity contribution in [3.8, 4) is 11.3 Å². The molecule has 27 heavy (non-hydrogen) atoms. The van der Waals surface area contributed by atoms with Crippen molar-refractivity contribution in [1.29, 1.82) is 0 Å². The molecule has 2 aliphatic heterocycles. The zero-order chi connectivity index (χ0) is 19.0. The van der Waals surface area contributed by atoms with Crippen LogP contribution in [-0.2, 0) is 9.47 Å². The van der Waals surface area contributed by atoms with Crippen molar-refractivity contribution >= 4 is 5.82 Å². The van der Waals surface area contributed by atoms with Gasteiger partial charge < -0.3 is 14.4 Å². The van der Waals surface area contributed by atoms with E-state index in [1.165, 1.54) is 0 Å². The van der Waals surface area contributed by atoms with Crippen molar-refractivity contribution in [2.24, 2.45) is 0 Å². The van der Waals surface area contributed by atoms with Crippen molar-refractivity contribution < 1.29 is 9.47 Å². The zero-order valence-electron chi connectivity index (χ0n) is 16.3. The van der Waals surface area contributed by atoms with E-state index in [4.69, 9.17) is 19.4 Å². The van der Waals surface area contributed by atoms with E-state index < -0.39 is 0 Å². The second kappa shape index (κ2) is 7.27. The molecule has 2 aliphatic rings. The molecule has 2 unspecified atom stereocenters. The van der Waals surface area contributed by atoms with Gasteiger partial charge in [0.25, 0.3) is 0 Å². The van der Waals surface area contributed by atoms with Gasteiger partial charge in [-0.05, 0) is 45.9 Å². The molecule has 0 saturated carbocycles. The number of aromatic nitrogens is 3. The Morgan fingerprint density at radius 1 is 1.11 bits per heavy atom. The van der Waals surface area contributed by atoms with Gasteiger partial charge >= 0.3 is 0 Å². The summed E-state index contributed by atoms with van der Waals surface area (Å²) in [5.41, 5.74) is 3.84. The number of anilines is 1. The van der Waals surface area contributed by atoms with Crippen molar-refractivity contribution in [1.82, 2.24) is 15.0 Å². The summed E-state index contributed by atoms with van der Waals surface area (Å²) in [6.45, 7) is 9.89. The molecular weight excluding hydrogens is 340 g/mol. The van der Waals surface area contributed by atoms with Crippen LogP contribution in [0.1, 0.15) is 38.1 Å². The molecule has 6 nitrogen and oxygen atoms in total. The summed E-state index contributed by atoms with van der Waals surface area (Å²) in [4.78, 5) is 16.5. The Kier molecular flexibility index (Phi) is 4.83. The minimum absolute atomic E-state index is 0.0405. The third-order valence-corrected chi connectivity index (χ3v) is 5.10. The van der Waals surface area contributed by atoms with Crippen LogP contribution in [0, 0.1) is 6.92 Å². The molecule has 1 saturated heterocycles. The summed E-state index contributed by atoms with van der Waals surface area (Å²) in [6.07, 6.45) is 7.93. The maximum atomic E-state index is 5.86. The molecule has 0 bridgehead atoms. The maximum Gasteiger partial charge on any atom is 0.147 e. The van der Waals surface area contributed by atoms with Crippen LogP contribution < -0.4 is 4.90 Å². The highest BCUT2D eigenvalue weighted by molar-refractivity contribution is 5.64. The Balaban J connectivity index is 1.77. The fraction of sp³-hybridized carbons (Fsp3) is 0.476. The highest BCUT2D eigenvalue weighted by Gasteiger charge is 2.29. The topological polar surface area (TPSA) is 60.4 Å². The van der Waals surface area contributed by atoms with E-state index in [0.29, 0.717) is 0 Å². The largest absolute Gasteiger partial charge is 0.498 e. The van der Waals surface area contributed by atoms with E-state index in [-0.39, 0.29) is 24.2 Å². The first kappa shape index (κ1) is 17.9. The molecule has 4 heterocycles. The predicted octanol–water partition coefficient (Wildman–Crippen LogP) is 3.48. The number of rotatable bonds is 3. The number of aryl methyl sites for hydroxylation is 1. The molecule has 4 atom stereocenters. The summed E-state index contributed by atoms with van der Waals surface area (Å²) in [7, 11) is 0. The lowest BCUT2D eigenvalue weighted by Gasteiger charge is -2.36. The van der Waals surface area contributed by atoms with Crippen molar-refractivity contribution in [2.45, 2.75) is 51.9 Å². The molecule has 1 fully saturated rings. The third-order valence-electron chi connectivity index (χ3n) is 5.10. The van der Waals surface area contributed by atoms with Crippen LogP contribution in [0.25, 0.3) is 11.3 Å². The van der Waals surface area contributed by atoms with Gasteiger partial charge in [0.2, 0.25) is 0 Å². The SMILES string of the molecule is Cc1cc(-c2ncc(N3C[C@@H](C)O[C@@H](C)C3)nc2C2C=COC2C)ccn1. The summed E-state index contributed by atoms with van der Waals surface area (Å²) in [5.74, 6) is 0.978. The first-order valence-corrected chi connectivity index (χ1v) is 9.53. The zero-order valence-corrected chi connectivity index (χ0v) is 16.3. The maximum absolute atomic E-state index is 5.86. The number of morpholine rings is 1. The average Bonchev–Trinajstić information content (AvgIpc) is 3.06. The fourth-order valence-electron chi connectivity index (χ4n) is 3.87. The molecule has 2 aromatic rings. The van der Waals surface area contributed by atoms with Crippen LogP contribution in [0.4, 0.5) is 5.82 Å². The molecule has 0 aromatic carbocycles. The molecule has 4 rings (SSSR count). The molecule has 0 amide bonds. The van der Waals surface area contributed by atoms with Gasteiger partial charge in [-0.15, -0.1) is 0 Å². The Morgan fingerprint density at radius 2 is 1.89 bits per heavy atom. The Bertz CT molecular complexity index is 844. The highest BCUT2D eigenvalue weighted by Crippen LogP contribution is 2.34. The van der Waals surface area contributed by atoms with Gasteiger partial charge in [0.15, 0.2) is 0 Å². The lowest BCUT2D eigenvalue weighted by molar-refractivity contribution is -0.00549. The van der Waals surface area contributed by atoms with Crippen LogP contribution in [0.2, 0.25) is 0 Å². The fourth-order valence-corrected chi connectivity index (χ4v) is 3.87. The Labute approximate surface area is 160 Å². The van der Waals surface area contributed by atoms with Crippen LogP contribution in [0.3, 0.4) is 0 Å². The number of pyridine rings is 1. The number of hydrogen-bond acceptors (Lipinski definition) is 6. The third kappa shape index (κ3) is 3.67. The normalized spacial score (nSPS) is 27.6. The van der Waals surface area contributed by atoms with Gasteiger partial charge in [-0.2, -0.15) is 0 Å². The quantitative estimate of drug-likeness (QED) is 0.829.